The molecule has 1 unspecified atom stereocenters. The Morgan fingerprint density at radius 1 is 1.79 bits per heavy atom. The second kappa shape index (κ2) is 4.23. The first kappa shape index (κ1) is 9.21. The Balaban J connectivity index is 1.77. The lowest BCUT2D eigenvalue weighted by molar-refractivity contribution is -0.123. The number of carbonyl (C=O) groups excluding carboxylic acids is 1. The van der Waals surface area contributed by atoms with Crippen LogP contribution in [0.5, 0.6) is 0 Å². The standard InChI is InChI=1S/C9H13N3O2/c13-9(8-2-1-3-11-8)12-5-7-4-10-6-14-7/h4,6,8,11H,1-3,5H2,(H,12,13). The molecule has 0 aliphatic carbocycles. The van der Waals surface area contributed by atoms with Crippen molar-refractivity contribution in [2.45, 2.75) is 25.4 Å². The molecule has 0 aromatic carbocycles. The van der Waals surface area contributed by atoms with Gasteiger partial charge in [0, 0.05) is 0 Å². The van der Waals surface area contributed by atoms with E-state index in [0.717, 1.165) is 19.4 Å². The normalized spacial score (nSPS) is 21.0. The van der Waals surface area contributed by atoms with Crippen molar-refractivity contribution in [3.8, 4) is 0 Å². The molecule has 2 rings (SSSR count). The first-order chi connectivity index (χ1) is 6.86. The van der Waals surface area contributed by atoms with Crippen LogP contribution >= 0.6 is 0 Å². The van der Waals surface area contributed by atoms with E-state index in [2.05, 4.69) is 15.6 Å². The number of oxazole rings is 1. The van der Waals surface area contributed by atoms with Gasteiger partial charge in [-0.05, 0) is 19.4 Å². The topological polar surface area (TPSA) is 67.2 Å². The number of hydrogen-bond acceptors (Lipinski definition) is 4. The number of hydrogen-bond donors (Lipinski definition) is 2. The second-order valence-electron chi connectivity index (χ2n) is 3.33. The van der Waals surface area contributed by atoms with Crippen molar-refractivity contribution in [3.05, 3.63) is 18.4 Å². The maximum atomic E-state index is 11.5. The number of nitrogens with one attached hydrogen (secondary N) is 2. The molecule has 0 spiro atoms. The fourth-order valence-electron chi connectivity index (χ4n) is 1.54. The van der Waals surface area contributed by atoms with E-state index in [4.69, 9.17) is 4.42 Å². The monoisotopic (exact) mass is 195 g/mol. The van der Waals surface area contributed by atoms with Gasteiger partial charge in [-0.3, -0.25) is 4.79 Å². The Labute approximate surface area is 81.9 Å². The molecule has 0 saturated carbocycles. The van der Waals surface area contributed by atoms with Gasteiger partial charge in [0.1, 0.15) is 5.76 Å². The van der Waals surface area contributed by atoms with Crippen LogP contribution in [0.3, 0.4) is 0 Å². The molecular formula is C9H13N3O2. The second-order valence-corrected chi connectivity index (χ2v) is 3.33. The van der Waals surface area contributed by atoms with Gasteiger partial charge in [-0.15, -0.1) is 0 Å². The van der Waals surface area contributed by atoms with Gasteiger partial charge in [-0.1, -0.05) is 0 Å². The van der Waals surface area contributed by atoms with E-state index in [1.807, 2.05) is 0 Å². The number of rotatable bonds is 3. The summed E-state index contributed by atoms with van der Waals surface area (Å²) in [5, 5.41) is 5.92. The molecule has 1 aliphatic rings. The molecule has 0 radical (unpaired) electrons. The van der Waals surface area contributed by atoms with Crippen molar-refractivity contribution in [1.29, 1.82) is 0 Å². The van der Waals surface area contributed by atoms with Crippen LogP contribution in [0.1, 0.15) is 18.6 Å². The Morgan fingerprint density at radius 3 is 3.36 bits per heavy atom. The van der Waals surface area contributed by atoms with Crippen molar-refractivity contribution >= 4 is 5.91 Å². The van der Waals surface area contributed by atoms with Crippen LogP contribution in [0.2, 0.25) is 0 Å². The van der Waals surface area contributed by atoms with Gasteiger partial charge in [0.05, 0.1) is 18.8 Å². The molecule has 2 heterocycles. The average molecular weight is 195 g/mol. The van der Waals surface area contributed by atoms with Crippen LogP contribution in [0, 0.1) is 0 Å². The van der Waals surface area contributed by atoms with Crippen LogP contribution in [0.25, 0.3) is 0 Å². The Kier molecular flexibility index (Phi) is 2.78. The molecule has 1 amide bonds. The summed E-state index contributed by atoms with van der Waals surface area (Å²) in [7, 11) is 0. The fraction of sp³-hybridized carbons (Fsp3) is 0.556. The molecule has 0 bridgehead atoms. The van der Waals surface area contributed by atoms with Gasteiger partial charge in [0.15, 0.2) is 6.39 Å². The SMILES string of the molecule is O=C(NCc1cnco1)C1CCCN1. The summed E-state index contributed by atoms with van der Waals surface area (Å²) in [6.07, 6.45) is 4.94. The zero-order valence-corrected chi connectivity index (χ0v) is 7.82. The highest BCUT2D eigenvalue weighted by Gasteiger charge is 2.21. The zero-order valence-electron chi connectivity index (χ0n) is 7.82. The van der Waals surface area contributed by atoms with E-state index < -0.39 is 0 Å². The first-order valence-corrected chi connectivity index (χ1v) is 4.75. The fourth-order valence-corrected chi connectivity index (χ4v) is 1.54. The number of aromatic nitrogens is 1. The van der Waals surface area contributed by atoms with Gasteiger partial charge in [0.25, 0.3) is 0 Å². The minimum absolute atomic E-state index is 0.0297. The predicted octanol–water partition coefficient (Wildman–Crippen LogP) is 0.0428. The molecular weight excluding hydrogens is 182 g/mol. The Bertz CT molecular complexity index is 291. The van der Waals surface area contributed by atoms with Crippen LogP contribution in [-0.2, 0) is 11.3 Å². The summed E-state index contributed by atoms with van der Waals surface area (Å²) in [6, 6.07) is -0.0297. The molecule has 1 aliphatic heterocycles. The zero-order chi connectivity index (χ0) is 9.80. The highest BCUT2D eigenvalue weighted by molar-refractivity contribution is 5.81. The Morgan fingerprint density at radius 2 is 2.71 bits per heavy atom. The molecule has 2 N–H and O–H groups in total. The highest BCUT2D eigenvalue weighted by atomic mass is 16.3. The quantitative estimate of drug-likeness (QED) is 0.714. The molecule has 14 heavy (non-hydrogen) atoms. The number of carbonyl (C=O) groups is 1. The van der Waals surface area contributed by atoms with Crippen molar-refractivity contribution in [1.82, 2.24) is 15.6 Å². The molecule has 76 valence electrons. The van der Waals surface area contributed by atoms with Crippen molar-refractivity contribution in [2.24, 2.45) is 0 Å². The third kappa shape index (κ3) is 2.11. The van der Waals surface area contributed by atoms with E-state index in [1.54, 1.807) is 6.20 Å². The smallest absolute Gasteiger partial charge is 0.237 e. The lowest BCUT2D eigenvalue weighted by atomic mass is 10.2. The van der Waals surface area contributed by atoms with E-state index >= 15 is 0 Å². The molecule has 5 nitrogen and oxygen atoms in total. The maximum Gasteiger partial charge on any atom is 0.237 e. The molecule has 1 saturated heterocycles. The predicted molar refractivity (Wildman–Crippen MR) is 49.4 cm³/mol. The third-order valence-electron chi connectivity index (χ3n) is 2.30. The van der Waals surface area contributed by atoms with Crippen LogP contribution in [0.15, 0.2) is 17.0 Å². The van der Waals surface area contributed by atoms with Crippen molar-refractivity contribution < 1.29 is 9.21 Å². The van der Waals surface area contributed by atoms with Gasteiger partial charge < -0.3 is 15.1 Å². The molecule has 1 aromatic rings. The largest absolute Gasteiger partial charge is 0.447 e. The average Bonchev–Trinajstić information content (AvgIpc) is 2.87. The minimum atomic E-state index is -0.0297. The summed E-state index contributed by atoms with van der Waals surface area (Å²) in [5.74, 6) is 0.718. The van der Waals surface area contributed by atoms with Gasteiger partial charge in [-0.2, -0.15) is 0 Å². The lowest BCUT2D eigenvalue weighted by Crippen LogP contribution is -2.39. The first-order valence-electron chi connectivity index (χ1n) is 4.75. The number of amides is 1. The van der Waals surface area contributed by atoms with Gasteiger partial charge in [0.2, 0.25) is 5.91 Å². The Hall–Kier alpha value is -1.36. The minimum Gasteiger partial charge on any atom is -0.447 e. The van der Waals surface area contributed by atoms with Crippen LogP contribution in [0.4, 0.5) is 0 Å². The van der Waals surface area contributed by atoms with Crippen LogP contribution in [-0.4, -0.2) is 23.5 Å². The summed E-state index contributed by atoms with van der Waals surface area (Å²) >= 11 is 0. The number of nitrogens with zero attached hydrogens (tertiary/aromatic N) is 1. The lowest BCUT2D eigenvalue weighted by Gasteiger charge is -2.09. The molecule has 5 heteroatoms. The van der Waals surface area contributed by atoms with Crippen molar-refractivity contribution in [3.63, 3.8) is 0 Å². The van der Waals surface area contributed by atoms with E-state index in [0.29, 0.717) is 12.3 Å². The maximum absolute atomic E-state index is 11.5. The van der Waals surface area contributed by atoms with E-state index in [1.165, 1.54) is 6.39 Å². The van der Waals surface area contributed by atoms with Gasteiger partial charge >= 0.3 is 0 Å². The van der Waals surface area contributed by atoms with Crippen LogP contribution < -0.4 is 10.6 Å². The van der Waals surface area contributed by atoms with Crippen molar-refractivity contribution in [2.75, 3.05) is 6.54 Å². The summed E-state index contributed by atoms with van der Waals surface area (Å²) < 4.78 is 5.00. The molecule has 1 atom stereocenters. The molecule has 1 aromatic heterocycles. The molecule has 1 fully saturated rings. The third-order valence-corrected chi connectivity index (χ3v) is 2.30. The highest BCUT2D eigenvalue weighted by Crippen LogP contribution is 2.05. The van der Waals surface area contributed by atoms with E-state index in [9.17, 15) is 4.79 Å². The summed E-state index contributed by atoms with van der Waals surface area (Å²) in [4.78, 5) is 15.3. The van der Waals surface area contributed by atoms with Gasteiger partial charge in [-0.25, -0.2) is 4.98 Å². The summed E-state index contributed by atoms with van der Waals surface area (Å²) in [6.45, 7) is 1.34. The summed E-state index contributed by atoms with van der Waals surface area (Å²) in [5.41, 5.74) is 0. The van der Waals surface area contributed by atoms with E-state index in [-0.39, 0.29) is 11.9 Å².